The van der Waals surface area contributed by atoms with Crippen LogP contribution in [0.2, 0.25) is 0 Å². The molecule has 1 aromatic carbocycles. The fraction of sp³-hybridized carbons (Fsp3) is 0.690. The van der Waals surface area contributed by atoms with Crippen LogP contribution in [0, 0.1) is 5.41 Å². The van der Waals surface area contributed by atoms with E-state index in [0.717, 1.165) is 5.56 Å². The Hall–Kier alpha value is -2.87. The van der Waals surface area contributed by atoms with Gasteiger partial charge in [0.1, 0.15) is 12.1 Å². The molecule has 2 fully saturated rings. The first-order chi connectivity index (χ1) is 28.9. The fourth-order valence-electron chi connectivity index (χ4n) is 6.68. The Balaban J connectivity index is 1.10. The smallest absolute Gasteiger partial charge is 0.408 e. The highest BCUT2D eigenvalue weighted by molar-refractivity contribution is 6.40. The fourth-order valence-corrected chi connectivity index (χ4v) is 7.18. The standard InChI is InChI=1S/C42H64Cl2N4O12/c1-41(9-7-35(43)36(44)28-41)29-38(50)47(2)37(31-48-12-8-34(49)30-48)32-5-4-6-33(27-32)45-39(51)42(10-11-42)46-40(52)60-26-25-59-24-23-58-22-21-57-20-19-56-18-17-55-16-15-54-14-13-53-3/h4-7,9,27,34,37,49H,8,10-26,28-31H2,1-3H3,(H,45,51)(H,46,52)/t34-,37+,41?/m0/s1. The number of carbonyl (C=O) groups excluding carboxylic acids is 3. The highest BCUT2D eigenvalue weighted by Gasteiger charge is 2.51. The van der Waals surface area contributed by atoms with Crippen molar-refractivity contribution < 1.29 is 57.4 Å². The molecule has 1 heterocycles. The maximum Gasteiger partial charge on any atom is 0.408 e. The van der Waals surface area contributed by atoms with Gasteiger partial charge < -0.3 is 58.5 Å². The molecule has 4 rings (SSSR count). The van der Waals surface area contributed by atoms with Crippen molar-refractivity contribution in [1.82, 2.24) is 15.1 Å². The van der Waals surface area contributed by atoms with E-state index in [1.54, 1.807) is 31.2 Å². The molecule has 16 nitrogen and oxygen atoms in total. The summed E-state index contributed by atoms with van der Waals surface area (Å²) in [4.78, 5) is 43.8. The number of carbonyl (C=O) groups is 3. The average Bonchev–Trinajstić information content (AvgIpc) is 3.89. The van der Waals surface area contributed by atoms with Crippen molar-refractivity contribution in [1.29, 1.82) is 0 Å². The summed E-state index contributed by atoms with van der Waals surface area (Å²) in [7, 11) is 3.41. The number of nitrogens with one attached hydrogen (secondary N) is 2. The number of ether oxygens (including phenoxy) is 8. The summed E-state index contributed by atoms with van der Waals surface area (Å²) < 4.78 is 42.8. The first kappa shape index (κ1) is 49.8. The number of aliphatic hydroxyl groups excluding tert-OH is 1. The molecule has 1 saturated heterocycles. The number of alkyl carbamates (subject to hydrolysis) is 1. The van der Waals surface area contributed by atoms with Crippen molar-refractivity contribution in [2.24, 2.45) is 5.41 Å². The molecule has 3 amide bonds. The molecule has 1 aromatic rings. The van der Waals surface area contributed by atoms with Crippen LogP contribution >= 0.6 is 23.2 Å². The van der Waals surface area contributed by atoms with Gasteiger partial charge in [0.2, 0.25) is 11.8 Å². The lowest BCUT2D eigenvalue weighted by molar-refractivity contribution is -0.134. The molecule has 0 spiro atoms. The van der Waals surface area contributed by atoms with Crippen molar-refractivity contribution in [2.75, 3.05) is 132 Å². The van der Waals surface area contributed by atoms with E-state index >= 15 is 0 Å². The highest BCUT2D eigenvalue weighted by Crippen LogP contribution is 2.41. The summed E-state index contributed by atoms with van der Waals surface area (Å²) in [6.45, 7) is 9.45. The lowest BCUT2D eigenvalue weighted by Gasteiger charge is -2.35. The second-order valence-corrected chi connectivity index (χ2v) is 16.3. The molecule has 0 bridgehead atoms. The summed E-state index contributed by atoms with van der Waals surface area (Å²) >= 11 is 12.5. The zero-order valence-electron chi connectivity index (χ0n) is 35.3. The number of hydrogen-bond donors (Lipinski definition) is 3. The normalized spacial score (nSPS) is 20.3. The van der Waals surface area contributed by atoms with Crippen molar-refractivity contribution in [3.05, 3.63) is 52.0 Å². The second kappa shape index (κ2) is 26.6. The van der Waals surface area contributed by atoms with E-state index in [2.05, 4.69) is 15.5 Å². The molecule has 18 heteroatoms. The first-order valence-corrected chi connectivity index (χ1v) is 21.4. The minimum Gasteiger partial charge on any atom is -0.447 e. The van der Waals surface area contributed by atoms with Gasteiger partial charge in [0.15, 0.2) is 0 Å². The Morgan fingerprint density at radius 1 is 0.883 bits per heavy atom. The SMILES string of the molecule is COCCOCCOCCOCCOCCOCCOCCOC(=O)NC1(C(=O)Nc2cccc([C@@H](CN3CC[C@H](O)C3)N(C)C(=O)CC3(C)C=CC(Cl)=C(Cl)C3)c2)CC1. The zero-order valence-corrected chi connectivity index (χ0v) is 36.8. The molecule has 3 atom stereocenters. The van der Waals surface area contributed by atoms with Crippen LogP contribution in [-0.2, 0) is 47.5 Å². The van der Waals surface area contributed by atoms with Crippen LogP contribution in [0.25, 0.3) is 0 Å². The molecule has 0 radical (unpaired) electrons. The van der Waals surface area contributed by atoms with Crippen LogP contribution in [0.3, 0.4) is 0 Å². The molecule has 60 heavy (non-hydrogen) atoms. The predicted octanol–water partition coefficient (Wildman–Crippen LogP) is 4.24. The third-order valence-electron chi connectivity index (χ3n) is 10.4. The van der Waals surface area contributed by atoms with Gasteiger partial charge in [-0.25, -0.2) is 4.79 Å². The summed E-state index contributed by atoms with van der Waals surface area (Å²) in [5, 5.41) is 16.9. The van der Waals surface area contributed by atoms with Gasteiger partial charge in [-0.15, -0.1) is 0 Å². The van der Waals surface area contributed by atoms with E-state index in [9.17, 15) is 19.5 Å². The molecule has 1 unspecified atom stereocenters. The minimum atomic E-state index is -1.08. The van der Waals surface area contributed by atoms with Crippen LogP contribution in [0.5, 0.6) is 0 Å². The maximum atomic E-state index is 13.8. The van der Waals surface area contributed by atoms with E-state index in [-0.39, 0.29) is 37.5 Å². The number of halogens is 2. The number of benzene rings is 1. The van der Waals surface area contributed by atoms with E-state index in [0.29, 0.717) is 140 Å². The van der Waals surface area contributed by atoms with Crippen LogP contribution in [0.4, 0.5) is 10.5 Å². The van der Waals surface area contributed by atoms with Crippen molar-refractivity contribution in [3.63, 3.8) is 0 Å². The van der Waals surface area contributed by atoms with Crippen molar-refractivity contribution >= 4 is 46.8 Å². The molecule has 338 valence electrons. The predicted molar refractivity (Wildman–Crippen MR) is 226 cm³/mol. The number of methoxy groups -OCH3 is 1. The molecule has 2 aliphatic carbocycles. The van der Waals surface area contributed by atoms with Gasteiger partial charge in [-0.1, -0.05) is 48.3 Å². The van der Waals surface area contributed by atoms with Crippen LogP contribution in [0.15, 0.2) is 46.5 Å². The molecule has 1 aliphatic heterocycles. The summed E-state index contributed by atoms with van der Waals surface area (Å²) in [6.07, 6.45) is 4.83. The number of hydrogen-bond acceptors (Lipinski definition) is 13. The minimum absolute atomic E-state index is 0.0104. The Kier molecular flexibility index (Phi) is 22.0. The summed E-state index contributed by atoms with van der Waals surface area (Å²) in [6, 6.07) is 7.00. The van der Waals surface area contributed by atoms with E-state index in [1.807, 2.05) is 31.2 Å². The number of rotatable bonds is 30. The first-order valence-electron chi connectivity index (χ1n) is 20.6. The van der Waals surface area contributed by atoms with E-state index in [1.165, 1.54) is 0 Å². The molecule has 0 aromatic heterocycles. The molecular formula is C42H64Cl2N4O12. The van der Waals surface area contributed by atoms with E-state index < -0.39 is 23.2 Å². The topological polar surface area (TPSA) is 176 Å². The number of aliphatic hydroxyl groups is 1. The third-order valence-corrected chi connectivity index (χ3v) is 11.1. The van der Waals surface area contributed by atoms with E-state index in [4.69, 9.17) is 61.1 Å². The lowest BCUT2D eigenvalue weighted by Crippen LogP contribution is -2.46. The second-order valence-electron chi connectivity index (χ2n) is 15.4. The van der Waals surface area contributed by atoms with Gasteiger partial charge in [0.25, 0.3) is 0 Å². The van der Waals surface area contributed by atoms with Gasteiger partial charge in [0, 0.05) is 50.9 Å². The highest BCUT2D eigenvalue weighted by atomic mass is 35.5. The number of likely N-dealkylation sites (tertiary alicyclic amines) is 1. The Labute approximate surface area is 364 Å². The number of likely N-dealkylation sites (N-methyl/N-ethyl adjacent to an activating group) is 1. The van der Waals surface area contributed by atoms with Crippen LogP contribution in [0.1, 0.15) is 50.6 Å². The number of allylic oxidation sites excluding steroid dienone is 4. The van der Waals surface area contributed by atoms with Gasteiger partial charge >= 0.3 is 6.09 Å². The summed E-state index contributed by atoms with van der Waals surface area (Å²) in [5.41, 5.74) is -0.220. The summed E-state index contributed by atoms with van der Waals surface area (Å²) in [5.74, 6) is -0.427. The Bertz CT molecular complexity index is 1550. The largest absolute Gasteiger partial charge is 0.447 e. The van der Waals surface area contributed by atoms with Gasteiger partial charge in [-0.2, -0.15) is 0 Å². The number of amides is 3. The van der Waals surface area contributed by atoms with Crippen LogP contribution < -0.4 is 10.6 Å². The average molecular weight is 888 g/mol. The maximum absolute atomic E-state index is 13.8. The Morgan fingerprint density at radius 3 is 1.97 bits per heavy atom. The van der Waals surface area contributed by atoms with Gasteiger partial charge in [0.05, 0.1) is 103 Å². The van der Waals surface area contributed by atoms with Gasteiger partial charge in [-0.05, 0) is 54.9 Å². The Morgan fingerprint density at radius 2 is 1.45 bits per heavy atom. The number of β-amino-alcohol motifs (C(OH)–C–C–N with tert-alkyl or cyclic N) is 1. The molecule has 3 aliphatic rings. The zero-order chi connectivity index (χ0) is 43.2. The lowest BCUT2D eigenvalue weighted by atomic mass is 9.80. The molecular weight excluding hydrogens is 823 g/mol. The number of anilines is 1. The quantitative estimate of drug-likeness (QED) is 0.0937. The van der Waals surface area contributed by atoms with Crippen molar-refractivity contribution in [2.45, 2.75) is 56.7 Å². The molecule has 1 saturated carbocycles. The van der Waals surface area contributed by atoms with Gasteiger partial charge in [-0.3, -0.25) is 14.5 Å². The monoisotopic (exact) mass is 886 g/mol. The van der Waals surface area contributed by atoms with Crippen molar-refractivity contribution in [3.8, 4) is 0 Å². The molecule has 3 N–H and O–H groups in total. The third kappa shape index (κ3) is 17.8. The van der Waals surface area contributed by atoms with Crippen LogP contribution in [-0.4, -0.2) is 171 Å². The number of nitrogens with zero attached hydrogens (tertiary/aromatic N) is 2.